The molecule has 1 aromatic rings. The summed E-state index contributed by atoms with van der Waals surface area (Å²) >= 11 is 5.78. The first-order valence-electron chi connectivity index (χ1n) is 6.67. The van der Waals surface area contributed by atoms with E-state index in [-0.39, 0.29) is 6.03 Å². The number of piperidine rings is 1. The molecule has 0 atom stereocenters. The number of carbonyl (C=O) groups excluding carboxylic acids is 1. The Hall–Kier alpha value is -1.42. The molecule has 0 aliphatic carbocycles. The first-order chi connectivity index (χ1) is 9.25. The van der Waals surface area contributed by atoms with Crippen LogP contribution >= 0.6 is 11.6 Å². The van der Waals surface area contributed by atoms with Crippen molar-refractivity contribution in [1.82, 2.24) is 10.2 Å². The van der Waals surface area contributed by atoms with E-state index in [2.05, 4.69) is 5.32 Å². The zero-order valence-electron chi connectivity index (χ0n) is 10.9. The van der Waals surface area contributed by atoms with Gasteiger partial charge in [0.15, 0.2) is 0 Å². The van der Waals surface area contributed by atoms with E-state index in [9.17, 15) is 4.79 Å². The highest BCUT2D eigenvalue weighted by Gasteiger charge is 2.15. The lowest BCUT2D eigenvalue weighted by molar-refractivity contribution is 0.184. The minimum absolute atomic E-state index is 0.0133. The topological polar surface area (TPSA) is 41.6 Å². The van der Waals surface area contributed by atoms with Gasteiger partial charge in [-0.2, -0.15) is 0 Å². The number of halogens is 1. The molecule has 1 aliphatic rings. The minimum Gasteiger partial charge on any atom is -0.492 e. The monoisotopic (exact) mass is 282 g/mol. The van der Waals surface area contributed by atoms with E-state index in [1.807, 2.05) is 17.0 Å². The summed E-state index contributed by atoms with van der Waals surface area (Å²) in [6, 6.07) is 7.20. The van der Waals surface area contributed by atoms with E-state index >= 15 is 0 Å². The van der Waals surface area contributed by atoms with Crippen LogP contribution in [0.15, 0.2) is 24.3 Å². The predicted octanol–water partition coefficient (Wildman–Crippen LogP) is 2.91. The Morgan fingerprint density at radius 2 is 1.89 bits per heavy atom. The first kappa shape index (κ1) is 14.0. The van der Waals surface area contributed by atoms with Crippen molar-refractivity contribution in [2.45, 2.75) is 19.3 Å². The van der Waals surface area contributed by atoms with Gasteiger partial charge in [0.25, 0.3) is 0 Å². The van der Waals surface area contributed by atoms with Crippen molar-refractivity contribution in [3.8, 4) is 5.75 Å². The molecule has 0 saturated carbocycles. The third-order valence-electron chi connectivity index (χ3n) is 3.10. The summed E-state index contributed by atoms with van der Waals surface area (Å²) in [6.45, 7) is 2.70. The highest BCUT2D eigenvalue weighted by molar-refractivity contribution is 6.30. The molecule has 4 nitrogen and oxygen atoms in total. The molecule has 19 heavy (non-hydrogen) atoms. The molecule has 1 N–H and O–H groups in total. The number of hydrogen-bond donors (Lipinski definition) is 1. The quantitative estimate of drug-likeness (QED) is 0.863. The fourth-order valence-electron chi connectivity index (χ4n) is 2.07. The number of nitrogens with one attached hydrogen (secondary N) is 1. The molecule has 1 heterocycles. The molecule has 0 unspecified atom stereocenters. The molecule has 0 bridgehead atoms. The number of benzene rings is 1. The van der Waals surface area contributed by atoms with Gasteiger partial charge >= 0.3 is 6.03 Å². The van der Waals surface area contributed by atoms with Crippen LogP contribution in [-0.4, -0.2) is 37.2 Å². The summed E-state index contributed by atoms with van der Waals surface area (Å²) in [7, 11) is 0. The van der Waals surface area contributed by atoms with Crippen LogP contribution in [0, 0.1) is 0 Å². The zero-order chi connectivity index (χ0) is 13.5. The van der Waals surface area contributed by atoms with Crippen molar-refractivity contribution in [3.05, 3.63) is 29.3 Å². The van der Waals surface area contributed by atoms with Gasteiger partial charge in [0, 0.05) is 18.1 Å². The summed E-state index contributed by atoms with van der Waals surface area (Å²) in [5.74, 6) is 0.761. The second-order valence-electron chi connectivity index (χ2n) is 4.58. The Bertz CT molecular complexity index is 402. The average molecular weight is 283 g/mol. The number of ether oxygens (including phenoxy) is 1. The van der Waals surface area contributed by atoms with E-state index in [1.54, 1.807) is 12.1 Å². The molecule has 1 fully saturated rings. The number of hydrogen-bond acceptors (Lipinski definition) is 2. The number of urea groups is 1. The van der Waals surface area contributed by atoms with Crippen LogP contribution in [0.5, 0.6) is 5.75 Å². The van der Waals surface area contributed by atoms with Crippen molar-refractivity contribution in [3.63, 3.8) is 0 Å². The highest BCUT2D eigenvalue weighted by atomic mass is 35.5. The van der Waals surface area contributed by atoms with Gasteiger partial charge in [0.1, 0.15) is 12.4 Å². The van der Waals surface area contributed by atoms with Gasteiger partial charge in [-0.15, -0.1) is 0 Å². The maximum Gasteiger partial charge on any atom is 0.317 e. The second kappa shape index (κ2) is 7.24. The Balaban J connectivity index is 1.63. The Kier molecular flexibility index (Phi) is 5.33. The van der Waals surface area contributed by atoms with Crippen molar-refractivity contribution < 1.29 is 9.53 Å². The molecule has 1 aromatic carbocycles. The number of amides is 2. The van der Waals surface area contributed by atoms with Crippen LogP contribution in [0.2, 0.25) is 5.02 Å². The normalized spacial score (nSPS) is 15.1. The lowest BCUT2D eigenvalue weighted by Gasteiger charge is -2.26. The summed E-state index contributed by atoms with van der Waals surface area (Å²) in [6.07, 6.45) is 3.44. The van der Waals surface area contributed by atoms with Crippen LogP contribution in [0.1, 0.15) is 19.3 Å². The molecule has 2 amide bonds. The van der Waals surface area contributed by atoms with E-state index in [0.717, 1.165) is 31.7 Å². The average Bonchev–Trinajstić information content (AvgIpc) is 2.46. The Morgan fingerprint density at radius 3 is 2.58 bits per heavy atom. The molecule has 104 valence electrons. The lowest BCUT2D eigenvalue weighted by atomic mass is 10.1. The van der Waals surface area contributed by atoms with Gasteiger partial charge in [-0.1, -0.05) is 11.6 Å². The van der Waals surface area contributed by atoms with Gasteiger partial charge in [-0.3, -0.25) is 0 Å². The number of likely N-dealkylation sites (tertiary alicyclic amines) is 1. The fraction of sp³-hybridized carbons (Fsp3) is 0.500. The van der Waals surface area contributed by atoms with Crippen LogP contribution < -0.4 is 10.1 Å². The maximum atomic E-state index is 11.8. The van der Waals surface area contributed by atoms with Crippen LogP contribution in [0.25, 0.3) is 0 Å². The van der Waals surface area contributed by atoms with Crippen molar-refractivity contribution in [2.75, 3.05) is 26.2 Å². The molecular weight excluding hydrogens is 264 g/mol. The molecule has 0 radical (unpaired) electrons. The SMILES string of the molecule is O=C(NCCOc1ccc(Cl)cc1)N1CCCCC1. The van der Waals surface area contributed by atoms with E-state index in [1.165, 1.54) is 6.42 Å². The van der Waals surface area contributed by atoms with E-state index in [0.29, 0.717) is 18.2 Å². The first-order valence-corrected chi connectivity index (χ1v) is 7.04. The highest BCUT2D eigenvalue weighted by Crippen LogP contribution is 2.15. The van der Waals surface area contributed by atoms with Crippen LogP contribution in [-0.2, 0) is 0 Å². The van der Waals surface area contributed by atoms with Gasteiger partial charge in [0.2, 0.25) is 0 Å². The summed E-state index contributed by atoms with van der Waals surface area (Å²) in [4.78, 5) is 13.7. The molecule has 5 heteroatoms. The zero-order valence-corrected chi connectivity index (χ0v) is 11.7. The third-order valence-corrected chi connectivity index (χ3v) is 3.36. The third kappa shape index (κ3) is 4.63. The Morgan fingerprint density at radius 1 is 1.21 bits per heavy atom. The fourth-order valence-corrected chi connectivity index (χ4v) is 2.19. The predicted molar refractivity (Wildman–Crippen MR) is 75.8 cm³/mol. The Labute approximate surface area is 118 Å². The maximum absolute atomic E-state index is 11.8. The van der Waals surface area contributed by atoms with Gasteiger partial charge < -0.3 is 15.0 Å². The summed E-state index contributed by atoms with van der Waals surface area (Å²) < 4.78 is 5.51. The smallest absolute Gasteiger partial charge is 0.317 e. The van der Waals surface area contributed by atoms with E-state index in [4.69, 9.17) is 16.3 Å². The molecule has 1 aliphatic heterocycles. The van der Waals surface area contributed by atoms with Crippen LogP contribution in [0.4, 0.5) is 4.79 Å². The number of rotatable bonds is 4. The van der Waals surface area contributed by atoms with Gasteiger partial charge in [-0.25, -0.2) is 4.79 Å². The molecule has 0 aromatic heterocycles. The number of carbonyl (C=O) groups is 1. The van der Waals surface area contributed by atoms with Crippen molar-refractivity contribution >= 4 is 17.6 Å². The molecule has 2 rings (SSSR count). The standard InChI is InChI=1S/C14H19ClN2O2/c15-12-4-6-13(7-5-12)19-11-8-16-14(18)17-9-2-1-3-10-17/h4-7H,1-3,8-11H2,(H,16,18). The molecule has 0 spiro atoms. The van der Waals surface area contributed by atoms with Crippen molar-refractivity contribution in [2.24, 2.45) is 0 Å². The summed E-state index contributed by atoms with van der Waals surface area (Å²) in [5.41, 5.74) is 0. The largest absolute Gasteiger partial charge is 0.492 e. The number of nitrogens with zero attached hydrogens (tertiary/aromatic N) is 1. The van der Waals surface area contributed by atoms with Gasteiger partial charge in [0.05, 0.1) is 6.54 Å². The lowest BCUT2D eigenvalue weighted by Crippen LogP contribution is -2.43. The van der Waals surface area contributed by atoms with E-state index < -0.39 is 0 Å². The second-order valence-corrected chi connectivity index (χ2v) is 5.02. The van der Waals surface area contributed by atoms with Crippen LogP contribution in [0.3, 0.4) is 0 Å². The van der Waals surface area contributed by atoms with Gasteiger partial charge in [-0.05, 0) is 43.5 Å². The summed E-state index contributed by atoms with van der Waals surface area (Å²) in [5, 5.41) is 3.56. The molecular formula is C14H19ClN2O2. The molecule has 1 saturated heterocycles. The minimum atomic E-state index is 0.0133. The van der Waals surface area contributed by atoms with Crippen molar-refractivity contribution in [1.29, 1.82) is 0 Å².